The number of aryl methyl sites for hydroxylation is 1. The lowest BCUT2D eigenvalue weighted by molar-refractivity contribution is -0.129. The maximum absolute atomic E-state index is 12.1. The quantitative estimate of drug-likeness (QED) is 0.907. The minimum Gasteiger partial charge on any atom is -0.496 e. The molecule has 2 atom stereocenters. The van der Waals surface area contributed by atoms with Gasteiger partial charge in [-0.2, -0.15) is 0 Å². The van der Waals surface area contributed by atoms with Crippen LogP contribution in [0.25, 0.3) is 0 Å². The second-order valence-electron chi connectivity index (χ2n) is 6.27. The highest BCUT2D eigenvalue weighted by Gasteiger charge is 2.32. The highest BCUT2D eigenvalue weighted by atomic mass is 16.5. The zero-order valence-electron chi connectivity index (χ0n) is 13.3. The highest BCUT2D eigenvalue weighted by molar-refractivity contribution is 5.78. The average molecular weight is 291 g/mol. The van der Waals surface area contributed by atoms with E-state index in [0.717, 1.165) is 17.7 Å². The number of methoxy groups -OCH3 is 1. The van der Waals surface area contributed by atoms with Crippen LogP contribution in [-0.4, -0.2) is 36.1 Å². The fourth-order valence-corrected chi connectivity index (χ4v) is 2.85. The molecule has 21 heavy (non-hydrogen) atoms. The molecule has 1 aromatic rings. The molecule has 0 spiro atoms. The Bertz CT molecular complexity index is 513. The van der Waals surface area contributed by atoms with Crippen molar-refractivity contribution in [2.45, 2.75) is 33.3 Å². The maximum atomic E-state index is 12.1. The number of carbonyl (C=O) groups is 1. The zero-order chi connectivity index (χ0) is 15.6. The monoisotopic (exact) mass is 291 g/mol. The molecular formula is C17H25NO3. The van der Waals surface area contributed by atoms with E-state index in [2.05, 4.69) is 13.8 Å². The maximum Gasteiger partial charge on any atom is 0.223 e. The van der Waals surface area contributed by atoms with E-state index >= 15 is 0 Å². The second kappa shape index (κ2) is 6.48. The zero-order valence-corrected chi connectivity index (χ0v) is 13.3. The number of ether oxygens (including phenoxy) is 1. The molecule has 0 bridgehead atoms. The van der Waals surface area contributed by atoms with E-state index < -0.39 is 6.10 Å². The summed E-state index contributed by atoms with van der Waals surface area (Å²) in [6.45, 7) is 7.33. The van der Waals surface area contributed by atoms with E-state index in [1.807, 2.05) is 25.1 Å². The molecular weight excluding hydrogens is 266 g/mol. The third-order valence-electron chi connectivity index (χ3n) is 4.32. The lowest BCUT2D eigenvalue weighted by Crippen LogP contribution is -2.30. The Kier molecular flexibility index (Phi) is 4.88. The third-order valence-corrected chi connectivity index (χ3v) is 4.32. The van der Waals surface area contributed by atoms with Gasteiger partial charge in [-0.25, -0.2) is 0 Å². The Balaban J connectivity index is 2.10. The van der Waals surface area contributed by atoms with Crippen molar-refractivity contribution >= 4 is 5.91 Å². The van der Waals surface area contributed by atoms with Gasteiger partial charge in [0.05, 0.1) is 13.7 Å². The smallest absolute Gasteiger partial charge is 0.223 e. The first-order chi connectivity index (χ1) is 9.92. The van der Waals surface area contributed by atoms with Crippen molar-refractivity contribution in [1.29, 1.82) is 0 Å². The molecule has 2 rings (SSSR count). The lowest BCUT2D eigenvalue weighted by atomic mass is 9.95. The van der Waals surface area contributed by atoms with Crippen LogP contribution >= 0.6 is 0 Å². The number of aliphatic hydroxyl groups is 1. The molecule has 1 saturated heterocycles. The van der Waals surface area contributed by atoms with Crippen molar-refractivity contribution in [3.05, 3.63) is 29.3 Å². The first-order valence-corrected chi connectivity index (χ1v) is 7.52. The number of amides is 1. The summed E-state index contributed by atoms with van der Waals surface area (Å²) < 4.78 is 5.31. The van der Waals surface area contributed by atoms with Crippen molar-refractivity contribution in [3.8, 4) is 5.75 Å². The van der Waals surface area contributed by atoms with E-state index in [4.69, 9.17) is 4.74 Å². The van der Waals surface area contributed by atoms with Gasteiger partial charge in [0.25, 0.3) is 0 Å². The highest BCUT2D eigenvalue weighted by Crippen LogP contribution is 2.30. The number of hydrogen-bond donors (Lipinski definition) is 1. The number of aliphatic hydroxyl groups excluding tert-OH is 1. The van der Waals surface area contributed by atoms with Gasteiger partial charge in [0.2, 0.25) is 5.91 Å². The van der Waals surface area contributed by atoms with Gasteiger partial charge in [-0.05, 0) is 30.9 Å². The summed E-state index contributed by atoms with van der Waals surface area (Å²) in [4.78, 5) is 13.8. The van der Waals surface area contributed by atoms with Crippen molar-refractivity contribution < 1.29 is 14.6 Å². The summed E-state index contributed by atoms with van der Waals surface area (Å²) in [5.41, 5.74) is 1.82. The largest absolute Gasteiger partial charge is 0.496 e. The molecule has 116 valence electrons. The topological polar surface area (TPSA) is 49.8 Å². The molecule has 0 aliphatic carbocycles. The Hall–Kier alpha value is -1.55. The van der Waals surface area contributed by atoms with Crippen molar-refractivity contribution in [3.63, 3.8) is 0 Å². The van der Waals surface area contributed by atoms with Crippen LogP contribution in [0.3, 0.4) is 0 Å². The van der Waals surface area contributed by atoms with Crippen LogP contribution in [0.1, 0.15) is 37.5 Å². The van der Waals surface area contributed by atoms with Gasteiger partial charge in [0, 0.05) is 18.5 Å². The standard InChI is InChI=1S/C17H25NO3/c1-11(2)13-8-17(20)18(9-13)10-15(19)14-7-12(3)5-6-16(14)21-4/h5-7,11,13,15,19H,8-10H2,1-4H3. The fourth-order valence-electron chi connectivity index (χ4n) is 2.85. The molecule has 0 aromatic heterocycles. The summed E-state index contributed by atoms with van der Waals surface area (Å²) in [5, 5.41) is 10.5. The van der Waals surface area contributed by atoms with Crippen LogP contribution in [-0.2, 0) is 4.79 Å². The van der Waals surface area contributed by atoms with Crippen LogP contribution in [0.2, 0.25) is 0 Å². The molecule has 1 N–H and O–H groups in total. The van der Waals surface area contributed by atoms with E-state index in [-0.39, 0.29) is 5.91 Å². The van der Waals surface area contributed by atoms with Crippen molar-refractivity contribution in [2.75, 3.05) is 20.2 Å². The van der Waals surface area contributed by atoms with E-state index in [1.165, 1.54) is 0 Å². The van der Waals surface area contributed by atoms with Gasteiger partial charge in [0.1, 0.15) is 11.9 Å². The predicted octanol–water partition coefficient (Wildman–Crippen LogP) is 2.54. The summed E-state index contributed by atoms with van der Waals surface area (Å²) in [7, 11) is 1.59. The first kappa shape index (κ1) is 15.8. The van der Waals surface area contributed by atoms with E-state index in [0.29, 0.717) is 30.6 Å². The molecule has 4 nitrogen and oxygen atoms in total. The molecule has 1 aliphatic rings. The van der Waals surface area contributed by atoms with E-state index in [1.54, 1.807) is 12.0 Å². The van der Waals surface area contributed by atoms with Crippen LogP contribution in [0.4, 0.5) is 0 Å². The van der Waals surface area contributed by atoms with Gasteiger partial charge in [-0.15, -0.1) is 0 Å². The lowest BCUT2D eigenvalue weighted by Gasteiger charge is -2.23. The molecule has 0 radical (unpaired) electrons. The molecule has 4 heteroatoms. The molecule has 0 saturated carbocycles. The molecule has 1 aliphatic heterocycles. The molecule has 1 amide bonds. The number of hydrogen-bond acceptors (Lipinski definition) is 3. The minimum atomic E-state index is -0.713. The van der Waals surface area contributed by atoms with Crippen molar-refractivity contribution in [2.24, 2.45) is 11.8 Å². The summed E-state index contributed by atoms with van der Waals surface area (Å²) >= 11 is 0. The minimum absolute atomic E-state index is 0.138. The van der Waals surface area contributed by atoms with Gasteiger partial charge in [0.15, 0.2) is 0 Å². The van der Waals surface area contributed by atoms with Gasteiger partial charge in [-0.1, -0.05) is 25.5 Å². The summed E-state index contributed by atoms with van der Waals surface area (Å²) in [6, 6.07) is 5.73. The van der Waals surface area contributed by atoms with Crippen LogP contribution in [0.15, 0.2) is 18.2 Å². The van der Waals surface area contributed by atoms with Crippen LogP contribution in [0, 0.1) is 18.8 Å². The number of rotatable bonds is 5. The third kappa shape index (κ3) is 3.56. The van der Waals surface area contributed by atoms with Crippen LogP contribution < -0.4 is 4.74 Å². The SMILES string of the molecule is COc1ccc(C)cc1C(O)CN1CC(C(C)C)CC1=O. The predicted molar refractivity (Wildman–Crippen MR) is 82.2 cm³/mol. The number of nitrogens with zero attached hydrogens (tertiary/aromatic N) is 1. The number of likely N-dealkylation sites (tertiary alicyclic amines) is 1. The summed E-state index contributed by atoms with van der Waals surface area (Å²) in [5.74, 6) is 1.69. The van der Waals surface area contributed by atoms with E-state index in [9.17, 15) is 9.90 Å². The average Bonchev–Trinajstić information content (AvgIpc) is 2.80. The normalized spacial score (nSPS) is 20.2. The van der Waals surface area contributed by atoms with Crippen LogP contribution in [0.5, 0.6) is 5.75 Å². The molecule has 1 heterocycles. The number of benzene rings is 1. The Morgan fingerprint density at radius 1 is 1.43 bits per heavy atom. The first-order valence-electron chi connectivity index (χ1n) is 7.52. The summed E-state index contributed by atoms with van der Waals surface area (Å²) in [6.07, 6.45) is -0.121. The molecule has 2 unspecified atom stereocenters. The molecule has 1 aromatic carbocycles. The van der Waals surface area contributed by atoms with Crippen molar-refractivity contribution in [1.82, 2.24) is 4.90 Å². The molecule has 1 fully saturated rings. The Morgan fingerprint density at radius 3 is 2.71 bits per heavy atom. The Labute approximate surface area is 126 Å². The van der Waals surface area contributed by atoms with Gasteiger partial charge in [-0.3, -0.25) is 4.79 Å². The number of β-amino-alcohol motifs (C(OH)–C–C–N with tert-alkyl or cyclic N) is 1. The Morgan fingerprint density at radius 2 is 2.14 bits per heavy atom. The fraction of sp³-hybridized carbons (Fsp3) is 0.588. The second-order valence-corrected chi connectivity index (χ2v) is 6.27. The van der Waals surface area contributed by atoms with Gasteiger partial charge >= 0.3 is 0 Å². The van der Waals surface area contributed by atoms with Gasteiger partial charge < -0.3 is 14.7 Å². The number of carbonyl (C=O) groups excluding carboxylic acids is 1.